The molecule has 3 rings (SSSR count). The second kappa shape index (κ2) is 4.14. The molecule has 0 aliphatic heterocycles. The van der Waals surface area contributed by atoms with Crippen LogP contribution in [0.15, 0.2) is 41.5 Å². The highest BCUT2D eigenvalue weighted by Gasteiger charge is 2.10. The summed E-state index contributed by atoms with van der Waals surface area (Å²) in [4.78, 5) is 22.2. The lowest BCUT2D eigenvalue weighted by Crippen LogP contribution is -2.19. The highest BCUT2D eigenvalue weighted by Crippen LogP contribution is 2.06. The minimum atomic E-state index is -0.279. The maximum atomic E-state index is 11.6. The van der Waals surface area contributed by atoms with Crippen LogP contribution >= 0.6 is 0 Å². The van der Waals surface area contributed by atoms with Crippen molar-refractivity contribution in [1.29, 1.82) is 0 Å². The summed E-state index contributed by atoms with van der Waals surface area (Å²) in [5, 5.41) is 0. The Balaban J connectivity index is 2.15. The second-order valence-corrected chi connectivity index (χ2v) is 3.95. The van der Waals surface area contributed by atoms with Gasteiger partial charge in [0.15, 0.2) is 19.0 Å². The Kier molecular flexibility index (Phi) is 2.48. The summed E-state index contributed by atoms with van der Waals surface area (Å²) in [6.07, 6.45) is 1.35. The van der Waals surface area contributed by atoms with Crippen LogP contribution in [0.5, 0.6) is 0 Å². The fourth-order valence-electron chi connectivity index (χ4n) is 1.89. The van der Waals surface area contributed by atoms with Gasteiger partial charge in [-0.15, -0.1) is 0 Å². The van der Waals surface area contributed by atoms with Crippen molar-refractivity contribution >= 4 is 24.7 Å². The van der Waals surface area contributed by atoms with E-state index in [-0.39, 0.29) is 16.8 Å². The molecule has 0 atom stereocenters. The minimum Gasteiger partial charge on any atom is -0.317 e. The highest BCUT2D eigenvalue weighted by atomic mass is 16.1. The Morgan fingerprint density at radius 2 is 2.06 bits per heavy atom. The molecule has 0 saturated heterocycles. The highest BCUT2D eigenvalue weighted by molar-refractivity contribution is 6.30. The van der Waals surface area contributed by atoms with Crippen LogP contribution in [0.3, 0.4) is 0 Å². The van der Waals surface area contributed by atoms with Gasteiger partial charge >= 0.3 is 0 Å². The van der Waals surface area contributed by atoms with E-state index >= 15 is 0 Å². The summed E-state index contributed by atoms with van der Waals surface area (Å²) >= 11 is 0. The zero-order chi connectivity index (χ0) is 12.5. The van der Waals surface area contributed by atoms with Gasteiger partial charge in [-0.05, 0) is 5.56 Å². The number of hydrogen-bond acceptors (Lipinski definition) is 3. The molecule has 2 aromatic heterocycles. The van der Waals surface area contributed by atoms with Crippen LogP contribution in [0.1, 0.15) is 5.56 Å². The fraction of sp³-hybridized carbons (Fsp3) is 0.0833. The van der Waals surface area contributed by atoms with Crippen molar-refractivity contribution in [1.82, 2.24) is 19.5 Å². The number of hydrogen-bond donors (Lipinski definition) is 1. The van der Waals surface area contributed by atoms with E-state index in [0.717, 1.165) is 5.56 Å². The van der Waals surface area contributed by atoms with Gasteiger partial charge in [-0.3, -0.25) is 4.79 Å². The number of nitrogens with one attached hydrogen (secondary N) is 1. The van der Waals surface area contributed by atoms with Gasteiger partial charge in [-0.1, -0.05) is 30.3 Å². The van der Waals surface area contributed by atoms with Crippen LogP contribution in [0.4, 0.5) is 0 Å². The number of imidazole rings is 1. The molecule has 18 heavy (non-hydrogen) atoms. The van der Waals surface area contributed by atoms with Crippen molar-refractivity contribution in [2.75, 3.05) is 0 Å². The van der Waals surface area contributed by atoms with E-state index in [1.807, 2.05) is 30.3 Å². The number of aromatic nitrogens is 4. The molecule has 6 heteroatoms. The van der Waals surface area contributed by atoms with E-state index in [0.29, 0.717) is 12.2 Å². The summed E-state index contributed by atoms with van der Waals surface area (Å²) in [6.45, 7) is 0.541. The number of H-pyrrole nitrogens is 1. The normalized spacial score (nSPS) is 10.9. The molecule has 2 heterocycles. The third-order valence-electron chi connectivity index (χ3n) is 2.75. The molecule has 1 N–H and O–H groups in total. The molecule has 5 nitrogen and oxygen atoms in total. The summed E-state index contributed by atoms with van der Waals surface area (Å²) in [7, 11) is 5.83. The topological polar surface area (TPSA) is 63.6 Å². The first-order valence-electron chi connectivity index (χ1n) is 5.49. The average molecular weight is 236 g/mol. The van der Waals surface area contributed by atoms with Crippen LogP contribution in [-0.2, 0) is 6.54 Å². The Labute approximate surface area is 104 Å². The third kappa shape index (κ3) is 1.71. The Bertz CT molecular complexity index is 748. The maximum absolute atomic E-state index is 11.6. The number of benzene rings is 1. The molecule has 0 fully saturated rings. The van der Waals surface area contributed by atoms with Crippen LogP contribution in [-0.4, -0.2) is 27.4 Å². The van der Waals surface area contributed by atoms with Gasteiger partial charge in [0.05, 0.1) is 12.1 Å². The predicted octanol–water partition coefficient (Wildman–Crippen LogP) is -0.0383. The van der Waals surface area contributed by atoms with Crippen LogP contribution < -0.4 is 11.3 Å². The average Bonchev–Trinajstić information content (AvgIpc) is 2.70. The van der Waals surface area contributed by atoms with E-state index in [1.165, 1.54) is 6.33 Å². The molecular formula is C12H9BN4O. The van der Waals surface area contributed by atoms with Crippen molar-refractivity contribution in [3.05, 3.63) is 52.6 Å². The number of fused-ring (bicyclic) bond motifs is 1. The summed E-state index contributed by atoms with van der Waals surface area (Å²) in [6, 6.07) is 9.81. The van der Waals surface area contributed by atoms with Gasteiger partial charge in [0, 0.05) is 6.54 Å². The quantitative estimate of drug-likeness (QED) is 0.635. The Hall–Kier alpha value is -2.37. The molecule has 0 bridgehead atoms. The Morgan fingerprint density at radius 1 is 1.28 bits per heavy atom. The van der Waals surface area contributed by atoms with Crippen molar-refractivity contribution in [3.63, 3.8) is 0 Å². The van der Waals surface area contributed by atoms with Crippen molar-refractivity contribution in [2.45, 2.75) is 6.54 Å². The number of aromatic amines is 1. The number of rotatable bonds is 2. The molecule has 3 aromatic rings. The first-order chi connectivity index (χ1) is 8.75. The molecule has 0 aliphatic carbocycles. The van der Waals surface area contributed by atoms with Crippen LogP contribution in [0.25, 0.3) is 11.2 Å². The summed E-state index contributed by atoms with van der Waals surface area (Å²) in [5.41, 5.74) is 1.85. The molecule has 0 unspecified atom stereocenters. The molecule has 2 radical (unpaired) electrons. The van der Waals surface area contributed by atoms with E-state index in [4.69, 9.17) is 7.85 Å². The SMILES string of the molecule is [B]c1nc2c(=O)[nH]cnc2n1Cc1ccccc1. The predicted molar refractivity (Wildman–Crippen MR) is 69.1 cm³/mol. The zero-order valence-corrected chi connectivity index (χ0v) is 9.50. The zero-order valence-electron chi connectivity index (χ0n) is 9.50. The van der Waals surface area contributed by atoms with Gasteiger partial charge in [-0.25, -0.2) is 9.97 Å². The maximum Gasteiger partial charge on any atom is 0.278 e. The molecule has 0 saturated carbocycles. The Morgan fingerprint density at radius 3 is 2.83 bits per heavy atom. The smallest absolute Gasteiger partial charge is 0.278 e. The lowest BCUT2D eigenvalue weighted by Gasteiger charge is -2.06. The molecular weight excluding hydrogens is 227 g/mol. The second-order valence-electron chi connectivity index (χ2n) is 3.95. The van der Waals surface area contributed by atoms with E-state index in [1.54, 1.807) is 4.57 Å². The molecule has 1 aromatic carbocycles. The van der Waals surface area contributed by atoms with E-state index < -0.39 is 0 Å². The lowest BCUT2D eigenvalue weighted by atomic mass is 10.1. The van der Waals surface area contributed by atoms with Gasteiger partial charge in [-0.2, -0.15) is 0 Å². The third-order valence-corrected chi connectivity index (χ3v) is 2.75. The van der Waals surface area contributed by atoms with Crippen LogP contribution in [0.2, 0.25) is 0 Å². The van der Waals surface area contributed by atoms with Gasteiger partial charge in [0.1, 0.15) is 0 Å². The molecule has 0 aliphatic rings. The van der Waals surface area contributed by atoms with E-state index in [9.17, 15) is 4.79 Å². The minimum absolute atomic E-state index is 0.269. The van der Waals surface area contributed by atoms with E-state index in [2.05, 4.69) is 15.0 Å². The molecule has 86 valence electrons. The van der Waals surface area contributed by atoms with Crippen LogP contribution in [0, 0.1) is 0 Å². The lowest BCUT2D eigenvalue weighted by molar-refractivity contribution is 0.839. The first kappa shape index (κ1) is 10.8. The summed E-state index contributed by atoms with van der Waals surface area (Å²) in [5.74, 6) is 0. The molecule has 0 amide bonds. The van der Waals surface area contributed by atoms with Crippen molar-refractivity contribution < 1.29 is 0 Å². The van der Waals surface area contributed by atoms with Gasteiger partial charge < -0.3 is 9.55 Å². The largest absolute Gasteiger partial charge is 0.317 e. The summed E-state index contributed by atoms with van der Waals surface area (Å²) < 4.78 is 1.72. The monoisotopic (exact) mass is 236 g/mol. The fourth-order valence-corrected chi connectivity index (χ4v) is 1.89. The number of nitrogens with zero attached hydrogens (tertiary/aromatic N) is 3. The van der Waals surface area contributed by atoms with Crippen molar-refractivity contribution in [3.8, 4) is 0 Å². The first-order valence-corrected chi connectivity index (χ1v) is 5.49. The molecule has 0 spiro atoms. The van der Waals surface area contributed by atoms with Gasteiger partial charge in [0.25, 0.3) is 5.56 Å². The van der Waals surface area contributed by atoms with Gasteiger partial charge in [0.2, 0.25) is 0 Å². The van der Waals surface area contributed by atoms with Crippen molar-refractivity contribution in [2.24, 2.45) is 0 Å². The standard InChI is InChI=1S/C12H9BN4O/c13-12-16-9-10(14-7-15-11(9)18)17(12)6-8-4-2-1-3-5-8/h1-5,7H,6H2,(H,14,15,18).